The van der Waals surface area contributed by atoms with Gasteiger partial charge in [0.25, 0.3) is 0 Å². The van der Waals surface area contributed by atoms with E-state index in [4.69, 9.17) is 23.2 Å². The van der Waals surface area contributed by atoms with Gasteiger partial charge in [-0.15, -0.1) is 0 Å². The summed E-state index contributed by atoms with van der Waals surface area (Å²) in [5.41, 5.74) is 0. The summed E-state index contributed by atoms with van der Waals surface area (Å²) in [4.78, 5) is 4.01. The first kappa shape index (κ1) is 12.0. The van der Waals surface area contributed by atoms with E-state index in [1.807, 2.05) is 30.7 Å². The molecule has 1 aromatic carbocycles. The number of imidazole rings is 1. The first-order chi connectivity index (χ1) is 7.75. The number of benzene rings is 1. The third-order valence-corrected chi connectivity index (χ3v) is 5.37. The molecule has 0 unspecified atom stereocenters. The number of aryl methyl sites for hydroxylation is 1. The zero-order chi connectivity index (χ0) is 11.4. The molecule has 0 N–H and O–H groups in total. The van der Waals surface area contributed by atoms with E-state index in [1.54, 1.807) is 6.20 Å². The molecule has 2 rings (SSSR count). The van der Waals surface area contributed by atoms with Crippen molar-refractivity contribution in [1.29, 1.82) is 0 Å². The molecule has 2 aromatic rings. The standard InChI is InChI=1S/C11H10AsCl2N2/c13-9-1-2-10(11(14)7-9)12-3-5-16-6-4-15-8-16/h1-2,4,6-8H,3,5H2. The average molecular weight is 316 g/mol. The van der Waals surface area contributed by atoms with Crippen molar-refractivity contribution in [1.82, 2.24) is 9.55 Å². The van der Waals surface area contributed by atoms with Crippen LogP contribution in [0.15, 0.2) is 36.9 Å². The summed E-state index contributed by atoms with van der Waals surface area (Å²) in [6, 6.07) is 5.74. The summed E-state index contributed by atoms with van der Waals surface area (Å²) in [7, 11) is 0. The summed E-state index contributed by atoms with van der Waals surface area (Å²) in [6.07, 6.45) is 5.61. The van der Waals surface area contributed by atoms with Crippen molar-refractivity contribution in [2.75, 3.05) is 0 Å². The summed E-state index contributed by atoms with van der Waals surface area (Å²) in [5.74, 6) is 0. The van der Waals surface area contributed by atoms with Crippen molar-refractivity contribution in [3.63, 3.8) is 0 Å². The van der Waals surface area contributed by atoms with Crippen molar-refractivity contribution in [2.24, 2.45) is 0 Å². The Balaban J connectivity index is 1.90. The molecule has 0 aliphatic rings. The predicted molar refractivity (Wildman–Crippen MR) is 68.9 cm³/mol. The van der Waals surface area contributed by atoms with Crippen molar-refractivity contribution < 1.29 is 0 Å². The summed E-state index contributed by atoms with van der Waals surface area (Å²) < 4.78 is 3.32. The molecule has 0 bridgehead atoms. The first-order valence-corrected chi connectivity index (χ1v) is 7.86. The molecule has 0 atom stereocenters. The fraction of sp³-hybridized carbons (Fsp3) is 0.182. The van der Waals surface area contributed by atoms with Crippen LogP contribution < -0.4 is 4.35 Å². The second-order valence-electron chi connectivity index (χ2n) is 3.28. The molecule has 0 saturated heterocycles. The van der Waals surface area contributed by atoms with Crippen LogP contribution in [0.3, 0.4) is 0 Å². The van der Waals surface area contributed by atoms with E-state index in [0.717, 1.165) is 16.8 Å². The van der Waals surface area contributed by atoms with E-state index < -0.39 is 0 Å². The van der Waals surface area contributed by atoms with Crippen LogP contribution in [-0.4, -0.2) is 25.3 Å². The Hall–Kier alpha value is -0.432. The minimum atomic E-state index is 0.0951. The summed E-state index contributed by atoms with van der Waals surface area (Å²) >= 11 is 12.1. The van der Waals surface area contributed by atoms with Crippen molar-refractivity contribution in [3.8, 4) is 0 Å². The van der Waals surface area contributed by atoms with Gasteiger partial charge in [0.1, 0.15) is 0 Å². The van der Waals surface area contributed by atoms with Gasteiger partial charge in [-0.1, -0.05) is 0 Å². The van der Waals surface area contributed by atoms with Crippen LogP contribution >= 0.6 is 23.2 Å². The number of aromatic nitrogens is 2. The van der Waals surface area contributed by atoms with Crippen LogP contribution in [0.25, 0.3) is 0 Å². The maximum absolute atomic E-state index is 6.11. The topological polar surface area (TPSA) is 17.8 Å². The van der Waals surface area contributed by atoms with Gasteiger partial charge in [-0.2, -0.15) is 0 Å². The third kappa shape index (κ3) is 3.28. The van der Waals surface area contributed by atoms with Crippen LogP contribution in [0.1, 0.15) is 0 Å². The van der Waals surface area contributed by atoms with Gasteiger partial charge in [-0.05, 0) is 0 Å². The van der Waals surface area contributed by atoms with E-state index in [0.29, 0.717) is 5.02 Å². The van der Waals surface area contributed by atoms with Gasteiger partial charge in [-0.25, -0.2) is 0 Å². The van der Waals surface area contributed by atoms with E-state index in [2.05, 4.69) is 9.55 Å². The van der Waals surface area contributed by atoms with Crippen molar-refractivity contribution in [3.05, 3.63) is 47.0 Å². The van der Waals surface area contributed by atoms with Gasteiger partial charge < -0.3 is 0 Å². The van der Waals surface area contributed by atoms with Crippen molar-refractivity contribution in [2.45, 2.75) is 11.8 Å². The Kier molecular flexibility index (Phi) is 4.34. The molecule has 83 valence electrons. The molecule has 0 fully saturated rings. The Bertz CT molecular complexity index is 457. The molecule has 0 amide bonds. The van der Waals surface area contributed by atoms with Crippen LogP contribution in [0.2, 0.25) is 15.3 Å². The Morgan fingerprint density at radius 3 is 2.88 bits per heavy atom. The van der Waals surface area contributed by atoms with Crippen LogP contribution in [0.4, 0.5) is 0 Å². The minimum absolute atomic E-state index is 0.0951. The van der Waals surface area contributed by atoms with Crippen LogP contribution in [-0.2, 0) is 6.54 Å². The van der Waals surface area contributed by atoms with E-state index >= 15 is 0 Å². The van der Waals surface area contributed by atoms with E-state index in [-0.39, 0.29) is 15.8 Å². The number of hydrogen-bond donors (Lipinski definition) is 0. The van der Waals surface area contributed by atoms with E-state index in [9.17, 15) is 0 Å². The Morgan fingerprint density at radius 2 is 2.19 bits per heavy atom. The molecular weight excluding hydrogens is 306 g/mol. The van der Waals surface area contributed by atoms with Crippen molar-refractivity contribution >= 4 is 43.3 Å². The Morgan fingerprint density at radius 1 is 1.31 bits per heavy atom. The van der Waals surface area contributed by atoms with Gasteiger partial charge >= 0.3 is 112 Å². The molecule has 16 heavy (non-hydrogen) atoms. The zero-order valence-corrected chi connectivity index (χ0v) is 11.9. The van der Waals surface area contributed by atoms with Gasteiger partial charge in [0.15, 0.2) is 0 Å². The number of hydrogen-bond acceptors (Lipinski definition) is 1. The molecule has 5 heteroatoms. The quantitative estimate of drug-likeness (QED) is 0.793. The fourth-order valence-corrected chi connectivity index (χ4v) is 4.06. The summed E-state index contributed by atoms with van der Waals surface area (Å²) in [6.45, 7) is 0.999. The SMILES string of the molecule is Clc1ccc([As]CCn2ccnc2)c(Cl)c1. The van der Waals surface area contributed by atoms with Gasteiger partial charge in [0.2, 0.25) is 0 Å². The Labute approximate surface area is 111 Å². The first-order valence-electron chi connectivity index (χ1n) is 4.84. The van der Waals surface area contributed by atoms with E-state index in [1.165, 1.54) is 4.35 Å². The normalized spacial score (nSPS) is 11.4. The third-order valence-electron chi connectivity index (χ3n) is 2.11. The second-order valence-corrected chi connectivity index (χ2v) is 6.73. The molecule has 2 nitrogen and oxygen atoms in total. The predicted octanol–water partition coefficient (Wildman–Crippen LogP) is 2.64. The number of rotatable bonds is 4. The van der Waals surface area contributed by atoms with Crippen LogP contribution in [0.5, 0.6) is 0 Å². The number of nitrogens with zero attached hydrogens (tertiary/aromatic N) is 2. The number of halogens is 2. The van der Waals surface area contributed by atoms with Gasteiger partial charge in [0.05, 0.1) is 0 Å². The molecule has 1 radical (unpaired) electrons. The molecule has 0 aliphatic heterocycles. The van der Waals surface area contributed by atoms with Gasteiger partial charge in [0, 0.05) is 0 Å². The molecule has 0 saturated carbocycles. The maximum atomic E-state index is 6.11. The molecule has 0 spiro atoms. The molecular formula is C11H10AsCl2N2. The summed E-state index contributed by atoms with van der Waals surface area (Å²) in [5, 5.41) is 2.62. The van der Waals surface area contributed by atoms with Gasteiger partial charge in [-0.3, -0.25) is 0 Å². The fourth-order valence-electron chi connectivity index (χ4n) is 1.31. The van der Waals surface area contributed by atoms with Crippen LogP contribution in [0, 0.1) is 0 Å². The monoisotopic (exact) mass is 315 g/mol. The molecule has 0 aliphatic carbocycles. The second kappa shape index (κ2) is 5.77. The molecule has 1 heterocycles. The average Bonchev–Trinajstić information content (AvgIpc) is 2.74. The zero-order valence-electron chi connectivity index (χ0n) is 8.48. The molecule has 1 aromatic heterocycles.